The Kier molecular flexibility index (Phi) is 4.98. The van der Waals surface area contributed by atoms with E-state index in [4.69, 9.17) is 11.6 Å². The normalized spacial score (nSPS) is 22.0. The van der Waals surface area contributed by atoms with Gasteiger partial charge in [-0.3, -0.25) is 4.90 Å². The summed E-state index contributed by atoms with van der Waals surface area (Å²) in [6.45, 7) is 9.24. The van der Waals surface area contributed by atoms with E-state index in [1.165, 1.54) is 17.3 Å². The molecule has 18 heavy (non-hydrogen) atoms. The Hall–Kier alpha value is 0.230. The summed E-state index contributed by atoms with van der Waals surface area (Å²) in [4.78, 5) is 7.25. The molecule has 0 saturated carbocycles. The van der Waals surface area contributed by atoms with Gasteiger partial charge in [0.2, 0.25) is 0 Å². The Morgan fingerprint density at radius 1 is 1.56 bits per heavy atom. The minimum atomic E-state index is 0.359. The van der Waals surface area contributed by atoms with E-state index in [1.807, 2.05) is 0 Å². The van der Waals surface area contributed by atoms with Crippen molar-refractivity contribution in [2.45, 2.75) is 43.9 Å². The van der Waals surface area contributed by atoms with Crippen molar-refractivity contribution < 1.29 is 0 Å². The van der Waals surface area contributed by atoms with Crippen LogP contribution in [0.15, 0.2) is 5.38 Å². The highest BCUT2D eigenvalue weighted by molar-refractivity contribution is 8.00. The highest BCUT2D eigenvalue weighted by Crippen LogP contribution is 2.36. The molecule has 1 fully saturated rings. The molecule has 1 saturated heterocycles. The third kappa shape index (κ3) is 3.41. The fraction of sp³-hybridized carbons (Fsp3) is 0.769. The largest absolute Gasteiger partial charge is 0.292 e. The number of alkyl halides is 1. The van der Waals surface area contributed by atoms with Gasteiger partial charge in [-0.1, -0.05) is 6.92 Å². The van der Waals surface area contributed by atoms with Crippen molar-refractivity contribution >= 4 is 34.7 Å². The predicted molar refractivity (Wildman–Crippen MR) is 82.8 cm³/mol. The van der Waals surface area contributed by atoms with E-state index in [1.54, 1.807) is 11.3 Å². The van der Waals surface area contributed by atoms with Crippen LogP contribution in [0.3, 0.4) is 0 Å². The van der Waals surface area contributed by atoms with Crippen LogP contribution in [0.2, 0.25) is 0 Å². The smallest absolute Gasteiger partial charge is 0.110 e. The van der Waals surface area contributed by atoms with Crippen LogP contribution >= 0.6 is 34.7 Å². The van der Waals surface area contributed by atoms with Gasteiger partial charge in [0.25, 0.3) is 0 Å². The van der Waals surface area contributed by atoms with E-state index in [2.05, 4.69) is 47.8 Å². The molecule has 1 atom stereocenters. The van der Waals surface area contributed by atoms with Gasteiger partial charge in [0, 0.05) is 29.0 Å². The SMILES string of the molecule is CCC(c1nc(CCl)cs1)N1CCSC(C)(C)C1. The van der Waals surface area contributed by atoms with E-state index < -0.39 is 0 Å². The summed E-state index contributed by atoms with van der Waals surface area (Å²) < 4.78 is 0.359. The van der Waals surface area contributed by atoms with Gasteiger partial charge in [-0.2, -0.15) is 11.8 Å². The third-order valence-electron chi connectivity index (χ3n) is 3.27. The Morgan fingerprint density at radius 3 is 2.89 bits per heavy atom. The molecule has 5 heteroatoms. The average molecular weight is 305 g/mol. The van der Waals surface area contributed by atoms with Crippen molar-refractivity contribution in [3.8, 4) is 0 Å². The summed E-state index contributed by atoms with van der Waals surface area (Å²) in [5.41, 5.74) is 1.01. The maximum Gasteiger partial charge on any atom is 0.110 e. The van der Waals surface area contributed by atoms with E-state index in [0.29, 0.717) is 16.7 Å². The van der Waals surface area contributed by atoms with Crippen LogP contribution in [-0.2, 0) is 5.88 Å². The van der Waals surface area contributed by atoms with Gasteiger partial charge in [-0.25, -0.2) is 4.98 Å². The molecule has 0 amide bonds. The molecule has 2 rings (SSSR count). The van der Waals surface area contributed by atoms with Crippen LogP contribution in [0.4, 0.5) is 0 Å². The standard InChI is InChI=1S/C13H21ClN2S2/c1-4-11(12-15-10(7-14)8-17-12)16-5-6-18-13(2,3)9-16/h8,11H,4-7,9H2,1-3H3. The molecule has 1 aliphatic heterocycles. The molecule has 0 aliphatic carbocycles. The number of hydrogen-bond acceptors (Lipinski definition) is 4. The lowest BCUT2D eigenvalue weighted by molar-refractivity contribution is 0.183. The molecule has 1 aliphatic rings. The number of nitrogens with zero attached hydrogens (tertiary/aromatic N) is 2. The Labute approximate surface area is 123 Å². The third-order valence-corrected chi connectivity index (χ3v) is 5.84. The molecule has 0 N–H and O–H groups in total. The molecule has 1 aromatic rings. The Morgan fingerprint density at radius 2 is 2.33 bits per heavy atom. The van der Waals surface area contributed by atoms with Gasteiger partial charge in [-0.15, -0.1) is 22.9 Å². The topological polar surface area (TPSA) is 16.1 Å². The van der Waals surface area contributed by atoms with Crippen LogP contribution in [0.25, 0.3) is 0 Å². The first-order valence-electron chi connectivity index (χ1n) is 6.44. The van der Waals surface area contributed by atoms with Crippen molar-refractivity contribution in [3.63, 3.8) is 0 Å². The van der Waals surface area contributed by atoms with Gasteiger partial charge in [0.1, 0.15) is 5.01 Å². The molecular weight excluding hydrogens is 284 g/mol. The molecule has 1 unspecified atom stereocenters. The quantitative estimate of drug-likeness (QED) is 0.777. The van der Waals surface area contributed by atoms with Crippen molar-refractivity contribution in [1.82, 2.24) is 9.88 Å². The predicted octanol–water partition coefficient (Wildman–Crippen LogP) is 4.16. The maximum atomic E-state index is 5.85. The number of rotatable bonds is 4. The number of thioether (sulfide) groups is 1. The second-order valence-electron chi connectivity index (χ2n) is 5.31. The van der Waals surface area contributed by atoms with Gasteiger partial charge in [0.05, 0.1) is 17.6 Å². The van der Waals surface area contributed by atoms with Crippen molar-refractivity contribution in [3.05, 3.63) is 16.1 Å². The fourth-order valence-electron chi connectivity index (χ4n) is 2.45. The Bertz CT molecular complexity index is 392. The van der Waals surface area contributed by atoms with Gasteiger partial charge < -0.3 is 0 Å². The van der Waals surface area contributed by atoms with Gasteiger partial charge in [0.15, 0.2) is 0 Å². The number of hydrogen-bond donors (Lipinski definition) is 0. The number of halogens is 1. The van der Waals surface area contributed by atoms with Crippen LogP contribution < -0.4 is 0 Å². The minimum Gasteiger partial charge on any atom is -0.292 e. The Balaban J connectivity index is 2.12. The summed E-state index contributed by atoms with van der Waals surface area (Å²) in [6, 6.07) is 0.465. The summed E-state index contributed by atoms with van der Waals surface area (Å²) in [5.74, 6) is 1.74. The van der Waals surface area contributed by atoms with Crippen molar-refractivity contribution in [1.29, 1.82) is 0 Å². The van der Waals surface area contributed by atoms with Crippen LogP contribution in [0.1, 0.15) is 43.9 Å². The molecule has 0 spiro atoms. The lowest BCUT2D eigenvalue weighted by Crippen LogP contribution is -2.44. The van der Waals surface area contributed by atoms with E-state index in [0.717, 1.165) is 18.7 Å². The molecular formula is C13H21ClN2S2. The zero-order valence-corrected chi connectivity index (χ0v) is 13.7. The molecule has 0 aromatic carbocycles. The first-order chi connectivity index (χ1) is 8.55. The number of aromatic nitrogens is 1. The van der Waals surface area contributed by atoms with Crippen molar-refractivity contribution in [2.75, 3.05) is 18.8 Å². The van der Waals surface area contributed by atoms with Crippen LogP contribution in [0.5, 0.6) is 0 Å². The summed E-state index contributed by atoms with van der Waals surface area (Å²) in [5, 5.41) is 3.32. The molecule has 102 valence electrons. The first kappa shape index (κ1) is 14.6. The summed E-state index contributed by atoms with van der Waals surface area (Å²) >= 11 is 9.68. The average Bonchev–Trinajstić information content (AvgIpc) is 2.77. The zero-order valence-electron chi connectivity index (χ0n) is 11.3. The van der Waals surface area contributed by atoms with Crippen molar-refractivity contribution in [2.24, 2.45) is 0 Å². The molecule has 0 radical (unpaired) electrons. The highest BCUT2D eigenvalue weighted by Gasteiger charge is 2.32. The maximum absolute atomic E-state index is 5.85. The second-order valence-corrected chi connectivity index (χ2v) is 8.27. The van der Waals surface area contributed by atoms with E-state index in [-0.39, 0.29) is 0 Å². The lowest BCUT2D eigenvalue weighted by Gasteiger charge is -2.41. The lowest BCUT2D eigenvalue weighted by atomic mass is 10.1. The van der Waals surface area contributed by atoms with Crippen LogP contribution in [0, 0.1) is 0 Å². The summed E-state index contributed by atoms with van der Waals surface area (Å²) in [7, 11) is 0. The van der Waals surface area contributed by atoms with Gasteiger partial charge >= 0.3 is 0 Å². The summed E-state index contributed by atoms with van der Waals surface area (Å²) in [6.07, 6.45) is 1.12. The fourth-order valence-corrected chi connectivity index (χ4v) is 4.84. The van der Waals surface area contributed by atoms with Crippen LogP contribution in [-0.4, -0.2) is 33.5 Å². The first-order valence-corrected chi connectivity index (χ1v) is 8.84. The molecule has 2 heterocycles. The second kappa shape index (κ2) is 6.12. The van der Waals surface area contributed by atoms with Gasteiger partial charge in [-0.05, 0) is 20.3 Å². The minimum absolute atomic E-state index is 0.359. The molecule has 0 bridgehead atoms. The zero-order chi connectivity index (χ0) is 13.2. The highest BCUT2D eigenvalue weighted by atomic mass is 35.5. The van der Waals surface area contributed by atoms with E-state index >= 15 is 0 Å². The molecule has 1 aromatic heterocycles. The number of thiazole rings is 1. The monoisotopic (exact) mass is 304 g/mol. The molecule has 2 nitrogen and oxygen atoms in total. The van der Waals surface area contributed by atoms with E-state index in [9.17, 15) is 0 Å².